The van der Waals surface area contributed by atoms with E-state index in [4.69, 9.17) is 10.5 Å². The number of phenols is 1. The van der Waals surface area contributed by atoms with Crippen molar-refractivity contribution in [3.8, 4) is 11.5 Å². The Labute approximate surface area is 77.1 Å². The molecule has 1 unspecified atom stereocenters. The standard InChI is InChI=1S/C10H13NO2/c11-5-7-4-8-2-1-3-9(12)10(8)13-6-7/h1-3,7,12H,4-6,11H2. The van der Waals surface area contributed by atoms with Crippen molar-refractivity contribution in [2.75, 3.05) is 13.2 Å². The highest BCUT2D eigenvalue weighted by Crippen LogP contribution is 2.34. The van der Waals surface area contributed by atoms with Gasteiger partial charge in [-0.25, -0.2) is 0 Å². The molecular weight excluding hydrogens is 166 g/mol. The molecular formula is C10H13NO2. The number of ether oxygens (including phenoxy) is 1. The number of rotatable bonds is 1. The third-order valence-electron chi connectivity index (χ3n) is 2.38. The van der Waals surface area contributed by atoms with Crippen molar-refractivity contribution < 1.29 is 9.84 Å². The SMILES string of the molecule is NCC1COc2c(O)cccc2C1. The fourth-order valence-electron chi connectivity index (χ4n) is 1.62. The molecule has 70 valence electrons. The average molecular weight is 179 g/mol. The lowest BCUT2D eigenvalue weighted by atomic mass is 9.97. The van der Waals surface area contributed by atoms with Crippen molar-refractivity contribution in [2.45, 2.75) is 6.42 Å². The van der Waals surface area contributed by atoms with Gasteiger partial charge in [-0.3, -0.25) is 0 Å². The zero-order valence-corrected chi connectivity index (χ0v) is 7.36. The summed E-state index contributed by atoms with van der Waals surface area (Å²) in [6.07, 6.45) is 0.903. The van der Waals surface area contributed by atoms with E-state index in [1.165, 1.54) is 0 Å². The number of fused-ring (bicyclic) bond motifs is 1. The lowest BCUT2D eigenvalue weighted by molar-refractivity contribution is 0.217. The second-order valence-corrected chi connectivity index (χ2v) is 3.38. The van der Waals surface area contributed by atoms with Gasteiger partial charge in [-0.05, 0) is 24.6 Å². The molecule has 3 N–H and O–H groups in total. The van der Waals surface area contributed by atoms with Crippen LogP contribution in [-0.2, 0) is 6.42 Å². The monoisotopic (exact) mass is 179 g/mol. The number of para-hydroxylation sites is 1. The number of nitrogens with two attached hydrogens (primary N) is 1. The maximum atomic E-state index is 9.46. The molecule has 0 fully saturated rings. The molecule has 0 saturated carbocycles. The number of aromatic hydroxyl groups is 1. The van der Waals surface area contributed by atoms with Gasteiger partial charge >= 0.3 is 0 Å². The van der Waals surface area contributed by atoms with Crippen molar-refractivity contribution in [1.82, 2.24) is 0 Å². The zero-order chi connectivity index (χ0) is 9.26. The average Bonchev–Trinajstić information content (AvgIpc) is 2.18. The molecule has 0 bridgehead atoms. The van der Waals surface area contributed by atoms with Crippen LogP contribution in [0.5, 0.6) is 11.5 Å². The Morgan fingerprint density at radius 2 is 2.38 bits per heavy atom. The number of hydrogen-bond acceptors (Lipinski definition) is 3. The van der Waals surface area contributed by atoms with E-state index in [0.717, 1.165) is 12.0 Å². The molecule has 13 heavy (non-hydrogen) atoms. The van der Waals surface area contributed by atoms with Crippen LogP contribution in [0.2, 0.25) is 0 Å². The second-order valence-electron chi connectivity index (χ2n) is 3.38. The largest absolute Gasteiger partial charge is 0.504 e. The van der Waals surface area contributed by atoms with Gasteiger partial charge in [-0.1, -0.05) is 12.1 Å². The Kier molecular flexibility index (Phi) is 2.10. The summed E-state index contributed by atoms with van der Waals surface area (Å²) in [5.74, 6) is 1.24. The number of hydrogen-bond donors (Lipinski definition) is 2. The van der Waals surface area contributed by atoms with Crippen LogP contribution >= 0.6 is 0 Å². The van der Waals surface area contributed by atoms with Crippen LogP contribution in [0.15, 0.2) is 18.2 Å². The van der Waals surface area contributed by atoms with Gasteiger partial charge in [0, 0.05) is 5.92 Å². The third-order valence-corrected chi connectivity index (χ3v) is 2.38. The lowest BCUT2D eigenvalue weighted by Gasteiger charge is -2.24. The van der Waals surface area contributed by atoms with Gasteiger partial charge in [0.1, 0.15) is 0 Å². The normalized spacial score (nSPS) is 20.5. The molecule has 1 heterocycles. The Bertz CT molecular complexity index is 312. The van der Waals surface area contributed by atoms with Crippen molar-refractivity contribution in [3.63, 3.8) is 0 Å². The van der Waals surface area contributed by atoms with Gasteiger partial charge in [-0.2, -0.15) is 0 Å². The highest BCUT2D eigenvalue weighted by atomic mass is 16.5. The molecule has 0 aromatic heterocycles. The molecule has 1 aliphatic rings. The van der Waals surface area contributed by atoms with Gasteiger partial charge in [0.25, 0.3) is 0 Å². The summed E-state index contributed by atoms with van der Waals surface area (Å²) in [5, 5.41) is 9.46. The summed E-state index contributed by atoms with van der Waals surface area (Å²) in [4.78, 5) is 0. The van der Waals surface area contributed by atoms with Crippen LogP contribution in [0.25, 0.3) is 0 Å². The molecule has 1 atom stereocenters. The summed E-state index contributed by atoms with van der Waals surface area (Å²) in [7, 11) is 0. The molecule has 1 aromatic carbocycles. The van der Waals surface area contributed by atoms with Crippen LogP contribution in [0.4, 0.5) is 0 Å². The van der Waals surface area contributed by atoms with Crippen LogP contribution in [0.3, 0.4) is 0 Å². The molecule has 0 spiro atoms. The zero-order valence-electron chi connectivity index (χ0n) is 7.36. The molecule has 0 amide bonds. The predicted octanol–water partition coefficient (Wildman–Crippen LogP) is 0.902. The van der Waals surface area contributed by atoms with E-state index in [-0.39, 0.29) is 5.75 Å². The number of benzene rings is 1. The van der Waals surface area contributed by atoms with Crippen molar-refractivity contribution in [2.24, 2.45) is 11.7 Å². The minimum absolute atomic E-state index is 0.230. The molecule has 1 aromatic rings. The fraction of sp³-hybridized carbons (Fsp3) is 0.400. The molecule has 3 heteroatoms. The molecule has 0 radical (unpaired) electrons. The fourth-order valence-corrected chi connectivity index (χ4v) is 1.62. The summed E-state index contributed by atoms with van der Waals surface area (Å²) in [6, 6.07) is 5.44. The van der Waals surface area contributed by atoms with Gasteiger partial charge in [-0.15, -0.1) is 0 Å². The molecule has 1 aliphatic heterocycles. The van der Waals surface area contributed by atoms with Crippen LogP contribution < -0.4 is 10.5 Å². The summed E-state index contributed by atoms with van der Waals surface area (Å²) < 4.78 is 5.43. The summed E-state index contributed by atoms with van der Waals surface area (Å²) >= 11 is 0. The Hall–Kier alpha value is -1.22. The highest BCUT2D eigenvalue weighted by molar-refractivity contribution is 5.46. The number of phenolic OH excluding ortho intramolecular Hbond substituents is 1. The van der Waals surface area contributed by atoms with Crippen molar-refractivity contribution in [1.29, 1.82) is 0 Å². The Morgan fingerprint density at radius 1 is 1.54 bits per heavy atom. The van der Waals surface area contributed by atoms with Crippen molar-refractivity contribution in [3.05, 3.63) is 23.8 Å². The van der Waals surface area contributed by atoms with E-state index in [9.17, 15) is 5.11 Å². The smallest absolute Gasteiger partial charge is 0.164 e. The maximum absolute atomic E-state index is 9.46. The van der Waals surface area contributed by atoms with Gasteiger partial charge in [0.15, 0.2) is 11.5 Å². The Balaban J connectivity index is 2.31. The first-order valence-corrected chi connectivity index (χ1v) is 4.45. The maximum Gasteiger partial charge on any atom is 0.164 e. The van der Waals surface area contributed by atoms with Gasteiger partial charge in [0.2, 0.25) is 0 Å². The van der Waals surface area contributed by atoms with Crippen LogP contribution in [0.1, 0.15) is 5.56 Å². The minimum atomic E-state index is 0.230. The molecule has 0 aliphatic carbocycles. The van der Waals surface area contributed by atoms with E-state index in [1.807, 2.05) is 12.1 Å². The van der Waals surface area contributed by atoms with Gasteiger partial charge in [0.05, 0.1) is 6.61 Å². The first kappa shape index (κ1) is 8.38. The molecule has 0 saturated heterocycles. The Morgan fingerprint density at radius 3 is 3.15 bits per heavy atom. The van der Waals surface area contributed by atoms with Crippen LogP contribution in [-0.4, -0.2) is 18.3 Å². The summed E-state index contributed by atoms with van der Waals surface area (Å²) in [6.45, 7) is 1.25. The van der Waals surface area contributed by atoms with E-state index < -0.39 is 0 Å². The molecule has 3 nitrogen and oxygen atoms in total. The highest BCUT2D eigenvalue weighted by Gasteiger charge is 2.20. The quantitative estimate of drug-likeness (QED) is 0.673. The first-order chi connectivity index (χ1) is 6.31. The lowest BCUT2D eigenvalue weighted by Crippen LogP contribution is -2.27. The topological polar surface area (TPSA) is 55.5 Å². The van der Waals surface area contributed by atoms with E-state index in [1.54, 1.807) is 6.07 Å². The van der Waals surface area contributed by atoms with E-state index in [2.05, 4.69) is 0 Å². The van der Waals surface area contributed by atoms with Gasteiger partial charge < -0.3 is 15.6 Å². The minimum Gasteiger partial charge on any atom is -0.504 e. The first-order valence-electron chi connectivity index (χ1n) is 4.45. The van der Waals surface area contributed by atoms with E-state index in [0.29, 0.717) is 24.8 Å². The second kappa shape index (κ2) is 3.26. The predicted molar refractivity (Wildman–Crippen MR) is 49.9 cm³/mol. The summed E-state index contributed by atoms with van der Waals surface area (Å²) in [5.41, 5.74) is 6.61. The van der Waals surface area contributed by atoms with Crippen LogP contribution in [0, 0.1) is 5.92 Å². The van der Waals surface area contributed by atoms with E-state index >= 15 is 0 Å². The third kappa shape index (κ3) is 1.47. The molecule has 2 rings (SSSR count). The van der Waals surface area contributed by atoms with Crippen molar-refractivity contribution >= 4 is 0 Å².